The van der Waals surface area contributed by atoms with E-state index < -0.39 is 0 Å². The van der Waals surface area contributed by atoms with Crippen LogP contribution in [0.2, 0.25) is 0 Å². The average Bonchev–Trinajstić information content (AvgIpc) is 2.98. The Kier molecular flexibility index (Phi) is 6.14. The second-order valence-corrected chi connectivity index (χ2v) is 5.46. The number of halogens is 1. The summed E-state index contributed by atoms with van der Waals surface area (Å²) < 4.78 is 18.8. The molecule has 0 unspecified atom stereocenters. The summed E-state index contributed by atoms with van der Waals surface area (Å²) in [4.78, 5) is 14.1. The van der Waals surface area contributed by atoms with Crippen LogP contribution in [0, 0.1) is 11.7 Å². The third-order valence-electron chi connectivity index (χ3n) is 3.86. The number of nitrogens with one attached hydrogen (secondary N) is 1. The number of methoxy groups -OCH3 is 1. The van der Waals surface area contributed by atoms with Crippen molar-refractivity contribution < 1.29 is 13.9 Å². The van der Waals surface area contributed by atoms with Gasteiger partial charge in [0.2, 0.25) is 5.91 Å². The first-order chi connectivity index (χ1) is 10.2. The molecule has 0 spiro atoms. The number of carbonyl (C=O) groups is 1. The summed E-state index contributed by atoms with van der Waals surface area (Å²) in [6, 6.07) is 6.59. The van der Waals surface area contributed by atoms with E-state index in [0.717, 1.165) is 19.5 Å². The molecule has 1 atom stereocenters. The zero-order valence-corrected chi connectivity index (χ0v) is 12.5. The van der Waals surface area contributed by atoms with E-state index in [2.05, 4.69) is 5.32 Å². The van der Waals surface area contributed by atoms with Gasteiger partial charge in [0.15, 0.2) is 0 Å². The topological polar surface area (TPSA) is 41.6 Å². The van der Waals surface area contributed by atoms with E-state index in [-0.39, 0.29) is 11.7 Å². The van der Waals surface area contributed by atoms with Gasteiger partial charge < -0.3 is 15.0 Å². The van der Waals surface area contributed by atoms with Gasteiger partial charge >= 0.3 is 0 Å². The van der Waals surface area contributed by atoms with Crippen LogP contribution in [0.1, 0.15) is 18.4 Å². The van der Waals surface area contributed by atoms with Gasteiger partial charge in [0.05, 0.1) is 6.61 Å². The van der Waals surface area contributed by atoms with Gasteiger partial charge in [-0.25, -0.2) is 4.39 Å². The molecule has 0 bridgehead atoms. The smallest absolute Gasteiger partial charge is 0.223 e. The second-order valence-electron chi connectivity index (χ2n) is 5.46. The van der Waals surface area contributed by atoms with Crippen molar-refractivity contribution in [2.75, 3.05) is 33.4 Å². The summed E-state index contributed by atoms with van der Waals surface area (Å²) in [5.74, 6) is 0.197. The fraction of sp³-hybridized carbons (Fsp3) is 0.562. The predicted octanol–water partition coefficient (Wildman–Crippen LogP) is 1.80. The Morgan fingerprint density at radius 2 is 2.29 bits per heavy atom. The molecule has 116 valence electrons. The highest BCUT2D eigenvalue weighted by atomic mass is 19.1. The average molecular weight is 294 g/mol. The summed E-state index contributed by atoms with van der Waals surface area (Å²) >= 11 is 0. The van der Waals surface area contributed by atoms with E-state index in [9.17, 15) is 9.18 Å². The van der Waals surface area contributed by atoms with Crippen LogP contribution in [-0.4, -0.2) is 44.2 Å². The molecule has 1 amide bonds. The molecular weight excluding hydrogens is 271 g/mol. The fourth-order valence-corrected chi connectivity index (χ4v) is 2.59. The van der Waals surface area contributed by atoms with Gasteiger partial charge in [-0.15, -0.1) is 0 Å². The summed E-state index contributed by atoms with van der Waals surface area (Å²) in [5, 5.41) is 3.26. The van der Waals surface area contributed by atoms with Crippen molar-refractivity contribution in [3.05, 3.63) is 35.6 Å². The molecular formula is C16H23FN2O2. The number of hydrogen-bond acceptors (Lipinski definition) is 3. The number of rotatable bonds is 7. The lowest BCUT2D eigenvalue weighted by molar-refractivity contribution is -0.133. The summed E-state index contributed by atoms with van der Waals surface area (Å²) in [6.45, 7) is 3.12. The van der Waals surface area contributed by atoms with E-state index in [1.165, 1.54) is 6.07 Å². The third kappa shape index (κ3) is 4.79. The Hall–Kier alpha value is -1.46. The predicted molar refractivity (Wildman–Crippen MR) is 79.3 cm³/mol. The summed E-state index contributed by atoms with van der Waals surface area (Å²) in [7, 11) is 1.60. The Morgan fingerprint density at radius 3 is 2.95 bits per heavy atom. The SMILES string of the molecule is COCCN(Cc1ccccc1F)C(=O)C[C@@H]1CCNC1. The lowest BCUT2D eigenvalue weighted by Crippen LogP contribution is -2.35. The molecule has 1 aromatic rings. The highest BCUT2D eigenvalue weighted by Crippen LogP contribution is 2.16. The number of hydrogen-bond donors (Lipinski definition) is 1. The minimum Gasteiger partial charge on any atom is -0.383 e. The number of amides is 1. The van der Waals surface area contributed by atoms with Crippen LogP contribution >= 0.6 is 0 Å². The molecule has 1 heterocycles. The van der Waals surface area contributed by atoms with Crippen LogP contribution in [0.5, 0.6) is 0 Å². The van der Waals surface area contributed by atoms with Crippen LogP contribution in [0.3, 0.4) is 0 Å². The summed E-state index contributed by atoms with van der Waals surface area (Å²) in [5.41, 5.74) is 0.548. The van der Waals surface area contributed by atoms with Gasteiger partial charge in [-0.2, -0.15) is 0 Å². The molecule has 1 aliphatic heterocycles. The van der Waals surface area contributed by atoms with E-state index in [4.69, 9.17) is 4.74 Å². The van der Waals surface area contributed by atoms with Crippen molar-refractivity contribution in [1.29, 1.82) is 0 Å². The molecule has 0 aromatic heterocycles. The van der Waals surface area contributed by atoms with Gasteiger partial charge in [0.1, 0.15) is 5.82 Å². The molecule has 21 heavy (non-hydrogen) atoms. The molecule has 2 rings (SSSR count). The number of ether oxygens (including phenoxy) is 1. The standard InChI is InChI=1S/C16H23FN2O2/c1-21-9-8-19(12-14-4-2-3-5-15(14)17)16(20)10-13-6-7-18-11-13/h2-5,13,18H,6-12H2,1H3/t13-/m0/s1. The molecule has 0 saturated carbocycles. The van der Waals surface area contributed by atoms with Gasteiger partial charge in [0.25, 0.3) is 0 Å². The van der Waals surface area contributed by atoms with E-state index in [1.54, 1.807) is 30.2 Å². The maximum atomic E-state index is 13.8. The number of benzene rings is 1. The molecule has 1 aromatic carbocycles. The molecule has 0 aliphatic carbocycles. The van der Waals surface area contributed by atoms with Crippen LogP contribution in [-0.2, 0) is 16.1 Å². The van der Waals surface area contributed by atoms with Crippen molar-refractivity contribution in [3.63, 3.8) is 0 Å². The molecule has 1 N–H and O–H groups in total. The van der Waals surface area contributed by atoms with E-state index in [0.29, 0.717) is 37.6 Å². The molecule has 0 radical (unpaired) electrons. The molecule has 1 fully saturated rings. The van der Waals surface area contributed by atoms with E-state index >= 15 is 0 Å². The van der Waals surface area contributed by atoms with Gasteiger partial charge in [-0.1, -0.05) is 18.2 Å². The van der Waals surface area contributed by atoms with Crippen LogP contribution in [0.4, 0.5) is 4.39 Å². The third-order valence-corrected chi connectivity index (χ3v) is 3.86. The van der Waals surface area contributed by atoms with Gasteiger partial charge in [-0.3, -0.25) is 4.79 Å². The maximum Gasteiger partial charge on any atom is 0.223 e. The minimum absolute atomic E-state index is 0.0732. The maximum absolute atomic E-state index is 13.8. The number of carbonyl (C=O) groups excluding carboxylic acids is 1. The highest BCUT2D eigenvalue weighted by molar-refractivity contribution is 5.76. The zero-order valence-electron chi connectivity index (χ0n) is 12.5. The Balaban J connectivity index is 1.99. The molecule has 4 nitrogen and oxygen atoms in total. The highest BCUT2D eigenvalue weighted by Gasteiger charge is 2.22. The van der Waals surface area contributed by atoms with E-state index in [1.807, 2.05) is 0 Å². The van der Waals surface area contributed by atoms with Gasteiger partial charge in [-0.05, 0) is 31.5 Å². The quantitative estimate of drug-likeness (QED) is 0.834. The van der Waals surface area contributed by atoms with Crippen LogP contribution in [0.15, 0.2) is 24.3 Å². The zero-order chi connectivity index (χ0) is 15.1. The lowest BCUT2D eigenvalue weighted by Gasteiger charge is -2.24. The van der Waals surface area contributed by atoms with Crippen molar-refractivity contribution in [3.8, 4) is 0 Å². The molecule has 5 heteroatoms. The largest absolute Gasteiger partial charge is 0.383 e. The monoisotopic (exact) mass is 294 g/mol. The number of nitrogens with zero attached hydrogens (tertiary/aromatic N) is 1. The first-order valence-corrected chi connectivity index (χ1v) is 7.41. The first-order valence-electron chi connectivity index (χ1n) is 7.41. The van der Waals surface area contributed by atoms with Crippen LogP contribution < -0.4 is 5.32 Å². The van der Waals surface area contributed by atoms with Gasteiger partial charge in [0, 0.05) is 32.2 Å². The Bertz CT molecular complexity index is 461. The van der Waals surface area contributed by atoms with Crippen molar-refractivity contribution in [2.24, 2.45) is 5.92 Å². The summed E-state index contributed by atoms with van der Waals surface area (Å²) in [6.07, 6.45) is 1.55. The Morgan fingerprint density at radius 1 is 1.48 bits per heavy atom. The normalized spacial score (nSPS) is 17.9. The molecule has 1 saturated heterocycles. The van der Waals surface area contributed by atoms with Crippen molar-refractivity contribution in [1.82, 2.24) is 10.2 Å². The Labute approximate surface area is 125 Å². The fourth-order valence-electron chi connectivity index (χ4n) is 2.59. The first kappa shape index (κ1) is 15.9. The van der Waals surface area contributed by atoms with Crippen molar-refractivity contribution >= 4 is 5.91 Å². The molecule has 1 aliphatic rings. The van der Waals surface area contributed by atoms with Crippen LogP contribution in [0.25, 0.3) is 0 Å². The van der Waals surface area contributed by atoms with Crippen molar-refractivity contribution in [2.45, 2.75) is 19.4 Å². The minimum atomic E-state index is -0.268. The lowest BCUT2D eigenvalue weighted by atomic mass is 10.0. The second kappa shape index (κ2) is 8.10.